The lowest BCUT2D eigenvalue weighted by molar-refractivity contribution is 0.628. The summed E-state index contributed by atoms with van der Waals surface area (Å²) in [6, 6.07) is 8.42. The van der Waals surface area contributed by atoms with Crippen LogP contribution in [-0.4, -0.2) is 19.5 Å². The van der Waals surface area contributed by atoms with Crippen LogP contribution in [0, 0.1) is 11.7 Å². The molecule has 0 amide bonds. The topological polar surface area (TPSA) is 69.6 Å². The van der Waals surface area contributed by atoms with Crippen molar-refractivity contribution >= 4 is 5.95 Å². The Labute approximate surface area is 133 Å². The highest BCUT2D eigenvalue weighted by atomic mass is 19.1. The van der Waals surface area contributed by atoms with Crippen molar-refractivity contribution in [2.45, 2.75) is 19.4 Å². The highest BCUT2D eigenvalue weighted by Gasteiger charge is 2.25. The van der Waals surface area contributed by atoms with Gasteiger partial charge in [0.25, 0.3) is 0 Å². The van der Waals surface area contributed by atoms with Gasteiger partial charge in [0.1, 0.15) is 11.5 Å². The minimum atomic E-state index is -0.299. The van der Waals surface area contributed by atoms with E-state index in [4.69, 9.17) is 5.73 Å². The molecule has 1 aromatic carbocycles. The number of rotatable bonds is 4. The molecule has 1 aliphatic rings. The summed E-state index contributed by atoms with van der Waals surface area (Å²) in [4.78, 5) is 12.7. The number of hydrogen-bond acceptors (Lipinski definition) is 4. The maximum absolute atomic E-state index is 14.2. The molecule has 0 spiro atoms. The standard InChI is InChI=1S/C17H16FN5/c18-13-4-2-1-3-12(13)15-16(14-7-8-20-17(19)22-14)23(10-21-15)9-11-5-6-11/h1-4,7-8,10-11H,5-6,9H2,(H2,19,20,22). The molecular weight excluding hydrogens is 293 g/mol. The van der Waals surface area contributed by atoms with Crippen molar-refractivity contribution in [2.24, 2.45) is 5.92 Å². The Kier molecular flexibility index (Phi) is 3.29. The van der Waals surface area contributed by atoms with Crippen LogP contribution in [0.4, 0.5) is 10.3 Å². The Morgan fingerprint density at radius 2 is 2.00 bits per heavy atom. The molecule has 4 rings (SSSR count). The van der Waals surface area contributed by atoms with Crippen LogP contribution in [0.15, 0.2) is 42.9 Å². The lowest BCUT2D eigenvalue weighted by Gasteiger charge is -2.10. The van der Waals surface area contributed by atoms with Gasteiger partial charge in [-0.2, -0.15) is 0 Å². The van der Waals surface area contributed by atoms with Gasteiger partial charge in [-0.25, -0.2) is 19.3 Å². The van der Waals surface area contributed by atoms with Crippen LogP contribution < -0.4 is 5.73 Å². The van der Waals surface area contributed by atoms with Crippen LogP contribution in [0.5, 0.6) is 0 Å². The number of hydrogen-bond donors (Lipinski definition) is 1. The van der Waals surface area contributed by atoms with E-state index >= 15 is 0 Å². The second-order valence-corrected chi connectivity index (χ2v) is 5.82. The maximum atomic E-state index is 14.2. The third-order valence-corrected chi connectivity index (χ3v) is 4.04. The molecule has 1 aliphatic carbocycles. The summed E-state index contributed by atoms with van der Waals surface area (Å²) in [5.74, 6) is 0.559. The largest absolute Gasteiger partial charge is 0.368 e. The van der Waals surface area contributed by atoms with Gasteiger partial charge in [-0.1, -0.05) is 12.1 Å². The molecular formula is C17H16FN5. The van der Waals surface area contributed by atoms with Crippen molar-refractivity contribution in [1.82, 2.24) is 19.5 Å². The van der Waals surface area contributed by atoms with Crippen molar-refractivity contribution in [3.8, 4) is 22.6 Å². The SMILES string of the molecule is Nc1nccc(-c2c(-c3ccccc3F)ncn2CC2CC2)n1. The molecule has 3 aromatic rings. The summed E-state index contributed by atoms with van der Waals surface area (Å²) in [5.41, 5.74) is 8.22. The molecule has 0 atom stereocenters. The Morgan fingerprint density at radius 3 is 2.74 bits per heavy atom. The summed E-state index contributed by atoms with van der Waals surface area (Å²) in [5, 5.41) is 0. The predicted octanol–water partition coefficient (Wildman–Crippen LogP) is 3.14. The van der Waals surface area contributed by atoms with E-state index in [1.807, 2.05) is 4.57 Å². The molecule has 1 saturated carbocycles. The first-order valence-corrected chi connectivity index (χ1v) is 7.61. The van der Waals surface area contributed by atoms with Gasteiger partial charge in [0.2, 0.25) is 5.95 Å². The second-order valence-electron chi connectivity index (χ2n) is 5.82. The summed E-state index contributed by atoms with van der Waals surface area (Å²) >= 11 is 0. The van der Waals surface area contributed by atoms with Gasteiger partial charge >= 0.3 is 0 Å². The van der Waals surface area contributed by atoms with Crippen molar-refractivity contribution < 1.29 is 4.39 Å². The number of imidazole rings is 1. The Morgan fingerprint density at radius 1 is 1.17 bits per heavy atom. The first kappa shape index (κ1) is 13.9. The molecule has 0 saturated heterocycles. The van der Waals surface area contributed by atoms with Crippen molar-refractivity contribution in [2.75, 3.05) is 5.73 Å². The average Bonchev–Trinajstić information content (AvgIpc) is 3.26. The molecule has 0 aliphatic heterocycles. The third-order valence-electron chi connectivity index (χ3n) is 4.04. The zero-order valence-corrected chi connectivity index (χ0v) is 12.5. The monoisotopic (exact) mass is 309 g/mol. The van der Waals surface area contributed by atoms with Crippen LogP contribution >= 0.6 is 0 Å². The van der Waals surface area contributed by atoms with E-state index in [1.165, 1.54) is 18.9 Å². The summed E-state index contributed by atoms with van der Waals surface area (Å²) in [6.07, 6.45) is 5.81. The number of aromatic nitrogens is 4. The zero-order chi connectivity index (χ0) is 15.8. The van der Waals surface area contributed by atoms with Crippen LogP contribution in [0.25, 0.3) is 22.6 Å². The third kappa shape index (κ3) is 2.67. The Balaban J connectivity index is 1.89. The Bertz CT molecular complexity index is 854. The molecule has 0 bridgehead atoms. The molecule has 116 valence electrons. The van der Waals surface area contributed by atoms with Crippen molar-refractivity contribution in [1.29, 1.82) is 0 Å². The van der Waals surface area contributed by atoms with Gasteiger partial charge < -0.3 is 10.3 Å². The van der Waals surface area contributed by atoms with E-state index in [1.54, 1.807) is 36.8 Å². The van der Waals surface area contributed by atoms with E-state index in [0.29, 0.717) is 22.9 Å². The fraction of sp³-hybridized carbons (Fsp3) is 0.235. The van der Waals surface area contributed by atoms with Crippen LogP contribution in [-0.2, 0) is 6.54 Å². The van der Waals surface area contributed by atoms with Gasteiger partial charge in [0.05, 0.1) is 17.7 Å². The van der Waals surface area contributed by atoms with Crippen LogP contribution in [0.3, 0.4) is 0 Å². The van der Waals surface area contributed by atoms with E-state index in [0.717, 1.165) is 12.2 Å². The minimum absolute atomic E-state index is 0.196. The van der Waals surface area contributed by atoms with Crippen molar-refractivity contribution in [3.63, 3.8) is 0 Å². The highest BCUT2D eigenvalue weighted by Crippen LogP contribution is 2.36. The van der Waals surface area contributed by atoms with E-state index in [2.05, 4.69) is 15.0 Å². The molecule has 6 heteroatoms. The average molecular weight is 309 g/mol. The second kappa shape index (κ2) is 5.46. The number of nitrogens with two attached hydrogens (primary N) is 1. The van der Waals surface area contributed by atoms with Gasteiger partial charge in [-0.15, -0.1) is 0 Å². The maximum Gasteiger partial charge on any atom is 0.220 e. The lowest BCUT2D eigenvalue weighted by Crippen LogP contribution is -2.04. The number of anilines is 1. The van der Waals surface area contributed by atoms with E-state index in [9.17, 15) is 4.39 Å². The fourth-order valence-electron chi connectivity index (χ4n) is 2.72. The predicted molar refractivity (Wildman–Crippen MR) is 85.8 cm³/mol. The molecule has 23 heavy (non-hydrogen) atoms. The lowest BCUT2D eigenvalue weighted by atomic mass is 10.1. The molecule has 1 fully saturated rings. The van der Waals surface area contributed by atoms with E-state index in [-0.39, 0.29) is 11.8 Å². The van der Waals surface area contributed by atoms with Gasteiger partial charge in [-0.3, -0.25) is 0 Å². The summed E-state index contributed by atoms with van der Waals surface area (Å²) in [6.45, 7) is 0.862. The quantitative estimate of drug-likeness (QED) is 0.804. The molecule has 2 heterocycles. The molecule has 0 radical (unpaired) electrons. The number of nitrogen functional groups attached to an aromatic ring is 1. The molecule has 2 N–H and O–H groups in total. The summed E-state index contributed by atoms with van der Waals surface area (Å²) in [7, 11) is 0. The van der Waals surface area contributed by atoms with E-state index < -0.39 is 0 Å². The smallest absolute Gasteiger partial charge is 0.220 e. The van der Waals surface area contributed by atoms with Crippen molar-refractivity contribution in [3.05, 3.63) is 48.7 Å². The fourth-order valence-corrected chi connectivity index (χ4v) is 2.72. The number of halogens is 1. The minimum Gasteiger partial charge on any atom is -0.368 e. The molecule has 2 aromatic heterocycles. The first-order valence-electron chi connectivity index (χ1n) is 7.61. The molecule has 5 nitrogen and oxygen atoms in total. The van der Waals surface area contributed by atoms with Gasteiger partial charge in [-0.05, 0) is 37.0 Å². The normalized spacial score (nSPS) is 14.1. The summed E-state index contributed by atoms with van der Waals surface area (Å²) < 4.78 is 16.3. The van der Waals surface area contributed by atoms with Gasteiger partial charge in [0.15, 0.2) is 0 Å². The first-order chi connectivity index (χ1) is 11.2. The number of nitrogens with zero attached hydrogens (tertiary/aromatic N) is 4. The highest BCUT2D eigenvalue weighted by molar-refractivity contribution is 5.77. The molecule has 0 unspecified atom stereocenters. The zero-order valence-electron chi connectivity index (χ0n) is 12.5. The van der Waals surface area contributed by atoms with Gasteiger partial charge in [0, 0.05) is 18.3 Å². The number of benzene rings is 1. The van der Waals surface area contributed by atoms with Crippen LogP contribution in [0.2, 0.25) is 0 Å². The Hall–Kier alpha value is -2.76. The van der Waals surface area contributed by atoms with Crippen LogP contribution in [0.1, 0.15) is 12.8 Å².